The summed E-state index contributed by atoms with van der Waals surface area (Å²) in [6.07, 6.45) is 3.06. The molecule has 10 heteroatoms. The number of nitrogens with one attached hydrogen (secondary N) is 1. The topological polar surface area (TPSA) is 97.8 Å². The van der Waals surface area contributed by atoms with Crippen LogP contribution in [0, 0.1) is 12.8 Å². The van der Waals surface area contributed by atoms with Crippen LogP contribution in [0.15, 0.2) is 47.4 Å². The molecular formula is C27H31N3O5S2. The van der Waals surface area contributed by atoms with E-state index in [-0.39, 0.29) is 29.8 Å². The van der Waals surface area contributed by atoms with E-state index in [1.165, 1.54) is 27.3 Å². The fraction of sp³-hybridized carbons (Fsp3) is 0.407. The average molecular weight is 542 g/mol. The molecule has 2 aliphatic rings. The van der Waals surface area contributed by atoms with Crippen molar-refractivity contribution in [1.82, 2.24) is 9.29 Å². The van der Waals surface area contributed by atoms with Crippen molar-refractivity contribution in [3.05, 3.63) is 52.9 Å². The number of piperidine rings is 1. The van der Waals surface area contributed by atoms with Gasteiger partial charge in [-0.05, 0) is 43.9 Å². The van der Waals surface area contributed by atoms with E-state index in [0.717, 1.165) is 29.0 Å². The standard InChI is InChI=1S/C27H31N3O5S2/c1-3-4-19-5-7-20(8-6-19)25-18(2)36-27(28-25)29-26(31)21-11-13-30(14-12-21)37(32,33)22-9-10-23-24(17-22)35-16-15-34-23/h5-10,17,21H,3-4,11-16H2,1-2H3,(H,28,29,31). The molecule has 196 valence electrons. The van der Waals surface area contributed by atoms with E-state index in [4.69, 9.17) is 9.47 Å². The molecule has 5 rings (SSSR count). The van der Waals surface area contributed by atoms with E-state index in [2.05, 4.69) is 41.5 Å². The van der Waals surface area contributed by atoms with Gasteiger partial charge in [-0.3, -0.25) is 4.79 Å². The lowest BCUT2D eigenvalue weighted by atomic mass is 9.97. The van der Waals surface area contributed by atoms with Crippen LogP contribution in [0.5, 0.6) is 11.5 Å². The summed E-state index contributed by atoms with van der Waals surface area (Å²) in [6.45, 7) is 5.56. The second-order valence-corrected chi connectivity index (χ2v) is 12.5. The van der Waals surface area contributed by atoms with Gasteiger partial charge in [-0.2, -0.15) is 4.31 Å². The number of carbonyl (C=O) groups excluding carboxylic acids is 1. The SMILES string of the molecule is CCCc1ccc(-c2nc(NC(=O)C3CCN(S(=O)(=O)c4ccc5c(c4)OCCO5)CC3)sc2C)cc1. The van der Waals surface area contributed by atoms with Gasteiger partial charge in [-0.15, -0.1) is 11.3 Å². The first kappa shape index (κ1) is 25.7. The number of benzene rings is 2. The highest BCUT2D eigenvalue weighted by Gasteiger charge is 2.33. The maximum atomic E-state index is 13.2. The summed E-state index contributed by atoms with van der Waals surface area (Å²) in [5.41, 5.74) is 3.21. The first-order valence-corrected chi connectivity index (χ1v) is 14.9. The number of fused-ring (bicyclic) bond motifs is 1. The molecule has 1 N–H and O–H groups in total. The molecule has 3 aromatic rings. The number of thiazole rings is 1. The van der Waals surface area contributed by atoms with Gasteiger partial charge in [-0.1, -0.05) is 37.6 Å². The lowest BCUT2D eigenvalue weighted by molar-refractivity contribution is -0.120. The Labute approximate surface area is 221 Å². The third-order valence-corrected chi connectivity index (χ3v) is 9.55. The summed E-state index contributed by atoms with van der Waals surface area (Å²) >= 11 is 1.46. The molecule has 8 nitrogen and oxygen atoms in total. The zero-order valence-electron chi connectivity index (χ0n) is 21.0. The normalized spacial score (nSPS) is 16.5. The minimum absolute atomic E-state index is 0.116. The summed E-state index contributed by atoms with van der Waals surface area (Å²) < 4.78 is 38.9. The Morgan fingerprint density at radius 3 is 2.49 bits per heavy atom. The Hall–Kier alpha value is -2.95. The second-order valence-electron chi connectivity index (χ2n) is 9.34. The van der Waals surface area contributed by atoms with Crippen LogP contribution in [-0.4, -0.2) is 49.9 Å². The van der Waals surface area contributed by atoms with E-state index < -0.39 is 10.0 Å². The molecule has 0 atom stereocenters. The smallest absolute Gasteiger partial charge is 0.243 e. The Kier molecular flexibility index (Phi) is 7.50. The molecule has 0 aliphatic carbocycles. The Balaban J connectivity index is 1.20. The number of nitrogens with zero attached hydrogens (tertiary/aromatic N) is 2. The molecule has 0 spiro atoms. The van der Waals surface area contributed by atoms with Crippen molar-refractivity contribution in [3.8, 4) is 22.8 Å². The van der Waals surface area contributed by atoms with Crippen molar-refractivity contribution < 1.29 is 22.7 Å². The van der Waals surface area contributed by atoms with Crippen LogP contribution >= 0.6 is 11.3 Å². The first-order valence-electron chi connectivity index (χ1n) is 12.6. The highest BCUT2D eigenvalue weighted by Crippen LogP contribution is 2.35. The van der Waals surface area contributed by atoms with Crippen molar-refractivity contribution in [2.24, 2.45) is 5.92 Å². The van der Waals surface area contributed by atoms with Gasteiger partial charge in [0.15, 0.2) is 16.6 Å². The van der Waals surface area contributed by atoms with Gasteiger partial charge in [0.05, 0.1) is 10.6 Å². The van der Waals surface area contributed by atoms with Gasteiger partial charge in [0.1, 0.15) is 13.2 Å². The number of hydrogen-bond acceptors (Lipinski definition) is 7. The number of sulfonamides is 1. The van der Waals surface area contributed by atoms with Crippen molar-refractivity contribution in [2.45, 2.75) is 44.4 Å². The van der Waals surface area contributed by atoms with Crippen LogP contribution in [-0.2, 0) is 21.2 Å². The monoisotopic (exact) mass is 541 g/mol. The molecule has 1 saturated heterocycles. The summed E-state index contributed by atoms with van der Waals surface area (Å²) in [5, 5.41) is 3.53. The summed E-state index contributed by atoms with van der Waals surface area (Å²) in [7, 11) is -3.69. The van der Waals surface area contributed by atoms with Crippen LogP contribution in [0.25, 0.3) is 11.3 Å². The zero-order valence-corrected chi connectivity index (χ0v) is 22.7. The third kappa shape index (κ3) is 5.51. The number of aryl methyl sites for hydroxylation is 2. The second kappa shape index (κ2) is 10.8. The van der Waals surface area contributed by atoms with Crippen LogP contribution in [0.4, 0.5) is 5.13 Å². The predicted octanol–water partition coefficient (Wildman–Crippen LogP) is 4.88. The summed E-state index contributed by atoms with van der Waals surface area (Å²) in [6, 6.07) is 13.1. The Bertz CT molecular complexity index is 1380. The summed E-state index contributed by atoms with van der Waals surface area (Å²) in [4.78, 5) is 18.9. The molecule has 1 fully saturated rings. The highest BCUT2D eigenvalue weighted by molar-refractivity contribution is 7.89. The van der Waals surface area contributed by atoms with E-state index >= 15 is 0 Å². The molecule has 2 aromatic carbocycles. The fourth-order valence-corrected chi connectivity index (χ4v) is 7.06. The quantitative estimate of drug-likeness (QED) is 0.458. The van der Waals surface area contributed by atoms with Crippen molar-refractivity contribution >= 4 is 32.4 Å². The number of rotatable bonds is 7. The number of aromatic nitrogens is 1. The molecule has 2 aliphatic heterocycles. The summed E-state index contributed by atoms with van der Waals surface area (Å²) in [5.74, 6) is 0.606. The average Bonchev–Trinajstić information content (AvgIpc) is 3.28. The molecule has 0 radical (unpaired) electrons. The lowest BCUT2D eigenvalue weighted by Gasteiger charge is -2.30. The minimum Gasteiger partial charge on any atom is -0.486 e. The van der Waals surface area contributed by atoms with Crippen molar-refractivity contribution in [1.29, 1.82) is 0 Å². The molecule has 0 unspecified atom stereocenters. The highest BCUT2D eigenvalue weighted by atomic mass is 32.2. The van der Waals surface area contributed by atoms with Crippen molar-refractivity contribution in [3.63, 3.8) is 0 Å². The van der Waals surface area contributed by atoms with Crippen LogP contribution in [0.3, 0.4) is 0 Å². The molecule has 3 heterocycles. The Morgan fingerprint density at radius 2 is 1.78 bits per heavy atom. The van der Waals surface area contributed by atoms with Gasteiger partial charge in [0, 0.05) is 35.5 Å². The number of anilines is 1. The fourth-order valence-electron chi connectivity index (χ4n) is 4.73. The van der Waals surface area contributed by atoms with Gasteiger partial charge < -0.3 is 14.8 Å². The number of amides is 1. The largest absolute Gasteiger partial charge is 0.486 e. The lowest BCUT2D eigenvalue weighted by Crippen LogP contribution is -2.41. The Morgan fingerprint density at radius 1 is 1.08 bits per heavy atom. The number of ether oxygens (including phenoxy) is 2. The predicted molar refractivity (Wildman–Crippen MR) is 144 cm³/mol. The third-order valence-electron chi connectivity index (χ3n) is 6.77. The van der Waals surface area contributed by atoms with Crippen LogP contribution in [0.1, 0.15) is 36.6 Å². The van der Waals surface area contributed by atoms with Gasteiger partial charge in [-0.25, -0.2) is 13.4 Å². The number of hydrogen-bond donors (Lipinski definition) is 1. The molecule has 0 bridgehead atoms. The first-order chi connectivity index (χ1) is 17.8. The van der Waals surface area contributed by atoms with Crippen LogP contribution in [0.2, 0.25) is 0 Å². The van der Waals surface area contributed by atoms with E-state index in [0.29, 0.717) is 42.7 Å². The molecular weight excluding hydrogens is 510 g/mol. The minimum atomic E-state index is -3.69. The molecule has 1 aromatic heterocycles. The number of carbonyl (C=O) groups is 1. The molecule has 1 amide bonds. The molecule has 37 heavy (non-hydrogen) atoms. The maximum absolute atomic E-state index is 13.2. The zero-order chi connectivity index (χ0) is 26.0. The van der Waals surface area contributed by atoms with Gasteiger partial charge in [0.2, 0.25) is 15.9 Å². The van der Waals surface area contributed by atoms with Crippen molar-refractivity contribution in [2.75, 3.05) is 31.6 Å². The van der Waals surface area contributed by atoms with Gasteiger partial charge in [0.25, 0.3) is 0 Å². The van der Waals surface area contributed by atoms with E-state index in [1.807, 2.05) is 6.92 Å². The van der Waals surface area contributed by atoms with Crippen LogP contribution < -0.4 is 14.8 Å². The van der Waals surface area contributed by atoms with E-state index in [1.54, 1.807) is 12.1 Å². The maximum Gasteiger partial charge on any atom is 0.243 e. The van der Waals surface area contributed by atoms with E-state index in [9.17, 15) is 13.2 Å². The molecule has 0 saturated carbocycles. The van der Waals surface area contributed by atoms with Gasteiger partial charge >= 0.3 is 0 Å².